The molecule has 42 heavy (non-hydrogen) atoms. The molecule has 0 radical (unpaired) electrons. The molecule has 2 aliphatic rings. The monoisotopic (exact) mass is 577 g/mol. The smallest absolute Gasteiger partial charge is 0.315 e. The van der Waals surface area contributed by atoms with Gasteiger partial charge in [-0.25, -0.2) is 4.79 Å². The van der Waals surface area contributed by atoms with Gasteiger partial charge < -0.3 is 44.8 Å². The highest BCUT2D eigenvalue weighted by atomic mass is 16.5. The number of hydrogen-bond donors (Lipinski definition) is 4. The number of likely N-dealkylation sites (tertiary alicyclic amines) is 1. The molecular weight excluding hydrogens is 542 g/mol. The molecule has 12 heteroatoms. The third kappa shape index (κ3) is 7.59. The predicted molar refractivity (Wildman–Crippen MR) is 153 cm³/mol. The van der Waals surface area contributed by atoms with Gasteiger partial charge in [0.15, 0.2) is 0 Å². The van der Waals surface area contributed by atoms with Crippen molar-refractivity contribution >= 4 is 17.8 Å². The van der Waals surface area contributed by atoms with Gasteiger partial charge in [-0.3, -0.25) is 9.59 Å². The van der Waals surface area contributed by atoms with E-state index in [2.05, 4.69) is 20.9 Å². The van der Waals surface area contributed by atoms with E-state index in [4.69, 9.17) is 18.9 Å². The fourth-order valence-corrected chi connectivity index (χ4v) is 4.87. The van der Waals surface area contributed by atoms with Crippen LogP contribution in [0.1, 0.15) is 32.8 Å². The summed E-state index contributed by atoms with van der Waals surface area (Å²) in [5.41, 5.74) is 1.70. The van der Waals surface area contributed by atoms with Crippen LogP contribution in [0, 0.1) is 0 Å². The first kappa shape index (κ1) is 29.0. The van der Waals surface area contributed by atoms with E-state index in [-0.39, 0.29) is 43.6 Å². The van der Waals surface area contributed by atoms with Crippen LogP contribution >= 0.6 is 0 Å². The maximum absolute atomic E-state index is 13.0. The fourth-order valence-electron chi connectivity index (χ4n) is 4.87. The molecule has 1 saturated heterocycles. The predicted octanol–water partition coefficient (Wildman–Crippen LogP) is 2.67. The number of nitrogens with one attached hydrogen (secondary N) is 4. The minimum atomic E-state index is -0.449. The molecule has 3 heterocycles. The van der Waals surface area contributed by atoms with Gasteiger partial charge in [0.1, 0.15) is 29.5 Å². The van der Waals surface area contributed by atoms with Gasteiger partial charge in [0.2, 0.25) is 0 Å². The lowest BCUT2D eigenvalue weighted by molar-refractivity contribution is -0.0236. The molecule has 1 fully saturated rings. The zero-order valence-electron chi connectivity index (χ0n) is 23.4. The number of carbonyl (C=O) groups excluding carboxylic acids is 3. The molecule has 12 nitrogen and oxygen atoms in total. The van der Waals surface area contributed by atoms with Crippen LogP contribution in [0.2, 0.25) is 0 Å². The van der Waals surface area contributed by atoms with Crippen LogP contribution in [0.15, 0.2) is 60.8 Å². The number of ether oxygens (including phenoxy) is 4. The van der Waals surface area contributed by atoms with Crippen LogP contribution < -0.4 is 25.4 Å². The Balaban J connectivity index is 1.37. The Labute approximate surface area is 243 Å². The first-order valence-electron chi connectivity index (χ1n) is 13.9. The van der Waals surface area contributed by atoms with E-state index in [1.807, 2.05) is 24.3 Å². The van der Waals surface area contributed by atoms with Crippen molar-refractivity contribution in [3.63, 3.8) is 0 Å². The molecule has 2 aliphatic heterocycles. The van der Waals surface area contributed by atoms with Gasteiger partial charge in [0.05, 0.1) is 25.4 Å². The average molecular weight is 578 g/mol. The molecule has 4 amide bonds. The van der Waals surface area contributed by atoms with Crippen LogP contribution in [-0.2, 0) is 16.1 Å². The largest absolute Gasteiger partial charge is 0.491 e. The van der Waals surface area contributed by atoms with E-state index in [9.17, 15) is 14.4 Å². The lowest BCUT2D eigenvalue weighted by Crippen LogP contribution is -2.58. The molecule has 1 aromatic heterocycles. The van der Waals surface area contributed by atoms with Gasteiger partial charge in [-0.1, -0.05) is 12.1 Å². The van der Waals surface area contributed by atoms with Crippen LogP contribution in [0.4, 0.5) is 4.79 Å². The Bertz CT molecular complexity index is 1380. The molecule has 2 atom stereocenters. The van der Waals surface area contributed by atoms with Gasteiger partial charge in [-0.05, 0) is 48.4 Å². The van der Waals surface area contributed by atoms with Crippen molar-refractivity contribution in [1.29, 1.82) is 0 Å². The molecule has 0 unspecified atom stereocenters. The number of methoxy groups -OCH3 is 1. The summed E-state index contributed by atoms with van der Waals surface area (Å²) in [6.07, 6.45) is 1.78. The third-order valence-electron chi connectivity index (χ3n) is 6.98. The normalized spacial score (nSPS) is 19.6. The van der Waals surface area contributed by atoms with E-state index in [1.165, 1.54) is 0 Å². The standard InChI is InChI=1S/C30H35N5O7/c1-39-12-13-40-23-15-21-16-24(17-23)42-22-5-2-4-20(14-22)19-41-27-18-35(29(37)26-6-3-8-31-26)11-7-25(27)34-30(38)33-10-9-32-28(21)36/h2-6,8,14-17,25,27,31H,7,9-13,18-19H2,1H3,(H,32,36)(H2,33,34,38)/t25-,27-/m0/s1. The van der Waals surface area contributed by atoms with Crippen LogP contribution in [0.3, 0.4) is 0 Å². The molecule has 0 spiro atoms. The van der Waals surface area contributed by atoms with Crippen LogP contribution in [0.5, 0.6) is 17.2 Å². The fraction of sp³-hybridized carbons (Fsp3) is 0.367. The number of aromatic amines is 1. The molecular formula is C30H35N5O7. The zero-order valence-corrected chi connectivity index (χ0v) is 23.4. The number of rotatable bonds is 5. The van der Waals surface area contributed by atoms with E-state index in [1.54, 1.807) is 48.5 Å². The molecule has 3 aromatic rings. The number of amides is 4. The quantitative estimate of drug-likeness (QED) is 0.342. The van der Waals surface area contributed by atoms with E-state index in [0.717, 1.165) is 5.56 Å². The minimum Gasteiger partial charge on any atom is -0.491 e. The second-order valence-corrected chi connectivity index (χ2v) is 10.0. The maximum atomic E-state index is 13.0. The summed E-state index contributed by atoms with van der Waals surface area (Å²) in [7, 11) is 1.58. The Hall–Kier alpha value is -4.55. The van der Waals surface area contributed by atoms with Crippen molar-refractivity contribution in [1.82, 2.24) is 25.8 Å². The maximum Gasteiger partial charge on any atom is 0.315 e. The topological polar surface area (TPSA) is 143 Å². The Morgan fingerprint density at radius 1 is 1.02 bits per heavy atom. The SMILES string of the molecule is COCCOc1cc2cc(c1)C(=O)NCCNC(=O)N[C@H]1CCN(C(=O)c3ccc[nH]3)C[C@@H]1OCc1cccc(c1)O2. The van der Waals surface area contributed by atoms with Gasteiger partial charge in [0.25, 0.3) is 11.8 Å². The lowest BCUT2D eigenvalue weighted by Gasteiger charge is -2.38. The Morgan fingerprint density at radius 2 is 1.90 bits per heavy atom. The summed E-state index contributed by atoms with van der Waals surface area (Å²) in [5, 5.41) is 8.59. The number of benzene rings is 2. The summed E-state index contributed by atoms with van der Waals surface area (Å²) >= 11 is 0. The molecule has 0 saturated carbocycles. The van der Waals surface area contributed by atoms with Gasteiger partial charge in [-0.15, -0.1) is 0 Å². The van der Waals surface area contributed by atoms with E-state index < -0.39 is 6.10 Å². The first-order chi connectivity index (χ1) is 20.5. The molecule has 4 N–H and O–H groups in total. The van der Waals surface area contributed by atoms with Gasteiger partial charge >= 0.3 is 6.03 Å². The summed E-state index contributed by atoms with van der Waals surface area (Å²) in [6, 6.07) is 15.2. The minimum absolute atomic E-state index is 0.120. The van der Waals surface area contributed by atoms with Crippen molar-refractivity contribution in [2.24, 2.45) is 0 Å². The second-order valence-electron chi connectivity index (χ2n) is 10.0. The summed E-state index contributed by atoms with van der Waals surface area (Å²) in [6.45, 7) is 2.14. The van der Waals surface area contributed by atoms with Crippen molar-refractivity contribution in [3.8, 4) is 17.2 Å². The second kappa shape index (κ2) is 13.9. The first-order valence-corrected chi connectivity index (χ1v) is 13.9. The average Bonchev–Trinajstić information content (AvgIpc) is 3.53. The van der Waals surface area contributed by atoms with E-state index in [0.29, 0.717) is 61.2 Å². The van der Waals surface area contributed by atoms with Gasteiger partial charge in [-0.2, -0.15) is 0 Å². The van der Waals surface area contributed by atoms with Crippen molar-refractivity contribution in [3.05, 3.63) is 77.6 Å². The zero-order chi connectivity index (χ0) is 29.3. The van der Waals surface area contributed by atoms with Crippen molar-refractivity contribution in [2.45, 2.75) is 25.2 Å². The summed E-state index contributed by atoms with van der Waals surface area (Å²) in [4.78, 5) is 43.4. The number of hydrogen-bond acceptors (Lipinski definition) is 7. The summed E-state index contributed by atoms with van der Waals surface area (Å²) in [5.74, 6) is 0.992. The molecule has 5 rings (SSSR count). The number of aromatic nitrogens is 1. The molecule has 4 bridgehead atoms. The number of nitrogens with zero attached hydrogens (tertiary/aromatic N) is 1. The van der Waals surface area contributed by atoms with Crippen LogP contribution in [0.25, 0.3) is 0 Å². The van der Waals surface area contributed by atoms with E-state index >= 15 is 0 Å². The lowest BCUT2D eigenvalue weighted by atomic mass is 10.0. The van der Waals surface area contributed by atoms with Gasteiger partial charge in [0, 0.05) is 51.1 Å². The van der Waals surface area contributed by atoms with Crippen molar-refractivity contribution in [2.75, 3.05) is 46.5 Å². The highest BCUT2D eigenvalue weighted by Crippen LogP contribution is 2.29. The summed E-state index contributed by atoms with van der Waals surface area (Å²) < 4.78 is 23.3. The molecule has 2 aromatic carbocycles. The Morgan fingerprint density at radius 3 is 2.74 bits per heavy atom. The Kier molecular flexibility index (Phi) is 9.57. The molecule has 222 valence electrons. The highest BCUT2D eigenvalue weighted by molar-refractivity contribution is 5.95. The number of urea groups is 1. The number of H-pyrrole nitrogens is 1. The van der Waals surface area contributed by atoms with Crippen LogP contribution in [-0.4, -0.2) is 86.4 Å². The third-order valence-corrected chi connectivity index (χ3v) is 6.98. The molecule has 0 aliphatic carbocycles. The number of carbonyl (C=O) groups is 3. The number of fused-ring (bicyclic) bond motifs is 5. The highest BCUT2D eigenvalue weighted by Gasteiger charge is 2.34. The van der Waals surface area contributed by atoms with Crippen molar-refractivity contribution < 1.29 is 33.3 Å². The number of piperidine rings is 1.